The predicted molar refractivity (Wildman–Crippen MR) is 102 cm³/mol. The number of halogens is 1. The molecule has 1 unspecified atom stereocenters. The van der Waals surface area contributed by atoms with Crippen molar-refractivity contribution in [2.24, 2.45) is 5.73 Å². The number of rotatable bonds is 8. The van der Waals surface area contributed by atoms with Crippen LogP contribution < -0.4 is 5.73 Å². The largest absolute Gasteiger partial charge is 0.338 e. The first kappa shape index (κ1) is 20.2. The van der Waals surface area contributed by atoms with Gasteiger partial charge >= 0.3 is 0 Å². The SMILES string of the molecule is CC(N)CCC(=O)N(CCc1ccccc1)Cc1ccccc1.Cl. The van der Waals surface area contributed by atoms with Crippen molar-refractivity contribution in [3.05, 3.63) is 71.8 Å². The number of carbonyl (C=O) groups is 1. The van der Waals surface area contributed by atoms with Gasteiger partial charge in [-0.25, -0.2) is 0 Å². The van der Waals surface area contributed by atoms with E-state index in [0.29, 0.717) is 13.0 Å². The highest BCUT2D eigenvalue weighted by Gasteiger charge is 2.14. The van der Waals surface area contributed by atoms with E-state index in [-0.39, 0.29) is 24.4 Å². The van der Waals surface area contributed by atoms with E-state index in [1.165, 1.54) is 5.56 Å². The standard InChI is InChI=1S/C20H26N2O.ClH/c1-17(21)12-13-20(23)22(16-19-10-6-3-7-11-19)15-14-18-8-4-2-5-9-18;/h2-11,17H,12-16,21H2,1H3;1H. The molecule has 3 nitrogen and oxygen atoms in total. The van der Waals surface area contributed by atoms with Gasteiger partial charge in [-0.15, -0.1) is 12.4 Å². The monoisotopic (exact) mass is 346 g/mol. The van der Waals surface area contributed by atoms with Gasteiger partial charge in [-0.3, -0.25) is 4.79 Å². The molecule has 4 heteroatoms. The highest BCUT2D eigenvalue weighted by Crippen LogP contribution is 2.10. The van der Waals surface area contributed by atoms with Gasteiger partial charge in [0.25, 0.3) is 0 Å². The Morgan fingerprint density at radius 2 is 1.54 bits per heavy atom. The van der Waals surface area contributed by atoms with Crippen LogP contribution in [0.5, 0.6) is 0 Å². The van der Waals surface area contributed by atoms with Gasteiger partial charge in [0.15, 0.2) is 0 Å². The number of benzene rings is 2. The summed E-state index contributed by atoms with van der Waals surface area (Å²) in [4.78, 5) is 14.5. The molecule has 2 N–H and O–H groups in total. The van der Waals surface area contributed by atoms with Crippen LogP contribution in [-0.2, 0) is 17.8 Å². The first-order valence-corrected chi connectivity index (χ1v) is 8.26. The molecule has 130 valence electrons. The van der Waals surface area contributed by atoms with E-state index in [9.17, 15) is 4.79 Å². The maximum atomic E-state index is 12.5. The molecular weight excluding hydrogens is 320 g/mol. The fraction of sp³-hybridized carbons (Fsp3) is 0.350. The van der Waals surface area contributed by atoms with Crippen LogP contribution in [0.1, 0.15) is 30.9 Å². The van der Waals surface area contributed by atoms with Crippen molar-refractivity contribution in [2.45, 2.75) is 38.8 Å². The summed E-state index contributed by atoms with van der Waals surface area (Å²) < 4.78 is 0. The second-order valence-electron chi connectivity index (χ2n) is 6.05. The van der Waals surface area contributed by atoms with Gasteiger partial charge in [-0.05, 0) is 30.9 Å². The fourth-order valence-corrected chi connectivity index (χ4v) is 2.51. The van der Waals surface area contributed by atoms with Crippen molar-refractivity contribution < 1.29 is 4.79 Å². The highest BCUT2D eigenvalue weighted by atomic mass is 35.5. The maximum Gasteiger partial charge on any atom is 0.222 e. The van der Waals surface area contributed by atoms with Crippen LogP contribution in [0.3, 0.4) is 0 Å². The lowest BCUT2D eigenvalue weighted by Gasteiger charge is -2.23. The van der Waals surface area contributed by atoms with Gasteiger partial charge in [-0.2, -0.15) is 0 Å². The molecule has 0 bridgehead atoms. The Kier molecular flexibility index (Phi) is 9.13. The van der Waals surface area contributed by atoms with Gasteiger partial charge in [0, 0.05) is 25.6 Å². The molecule has 0 aliphatic heterocycles. The van der Waals surface area contributed by atoms with E-state index in [1.807, 2.05) is 48.2 Å². The Labute approximate surface area is 151 Å². The van der Waals surface area contributed by atoms with Crippen molar-refractivity contribution in [3.63, 3.8) is 0 Å². The Bertz CT molecular complexity index is 587. The first-order chi connectivity index (χ1) is 11.1. The van der Waals surface area contributed by atoms with Crippen LogP contribution in [-0.4, -0.2) is 23.4 Å². The van der Waals surface area contributed by atoms with E-state index in [0.717, 1.165) is 24.9 Å². The van der Waals surface area contributed by atoms with Gasteiger partial charge < -0.3 is 10.6 Å². The Balaban J connectivity index is 0.00000288. The van der Waals surface area contributed by atoms with Crippen LogP contribution in [0.15, 0.2) is 60.7 Å². The Morgan fingerprint density at radius 3 is 2.08 bits per heavy atom. The maximum absolute atomic E-state index is 12.5. The minimum Gasteiger partial charge on any atom is -0.338 e. The smallest absolute Gasteiger partial charge is 0.222 e. The zero-order valence-electron chi connectivity index (χ0n) is 14.2. The molecule has 2 aromatic carbocycles. The summed E-state index contributed by atoms with van der Waals surface area (Å²) in [5, 5.41) is 0. The molecule has 0 aliphatic carbocycles. The van der Waals surface area contributed by atoms with E-state index >= 15 is 0 Å². The van der Waals surface area contributed by atoms with Gasteiger partial charge in [-0.1, -0.05) is 60.7 Å². The number of amides is 1. The topological polar surface area (TPSA) is 46.3 Å². The summed E-state index contributed by atoms with van der Waals surface area (Å²) >= 11 is 0. The van der Waals surface area contributed by atoms with E-state index in [1.54, 1.807) is 0 Å². The molecule has 0 spiro atoms. The van der Waals surface area contributed by atoms with Gasteiger partial charge in [0.1, 0.15) is 0 Å². The molecule has 0 heterocycles. The summed E-state index contributed by atoms with van der Waals surface area (Å²) in [5.74, 6) is 0.182. The van der Waals surface area contributed by atoms with Crippen molar-refractivity contribution in [1.82, 2.24) is 4.90 Å². The van der Waals surface area contributed by atoms with Crippen molar-refractivity contribution in [3.8, 4) is 0 Å². The molecule has 0 aromatic heterocycles. The molecule has 24 heavy (non-hydrogen) atoms. The molecular formula is C20H27ClN2O. The fourth-order valence-electron chi connectivity index (χ4n) is 2.51. The lowest BCUT2D eigenvalue weighted by molar-refractivity contribution is -0.132. The normalized spacial score (nSPS) is 11.4. The number of hydrogen-bond donors (Lipinski definition) is 1. The number of nitrogens with two attached hydrogens (primary N) is 1. The molecule has 0 aliphatic rings. The van der Waals surface area contributed by atoms with Crippen LogP contribution >= 0.6 is 12.4 Å². The summed E-state index contributed by atoms with van der Waals surface area (Å²) in [6.45, 7) is 3.33. The van der Waals surface area contributed by atoms with Crippen molar-refractivity contribution in [1.29, 1.82) is 0 Å². The Hall–Kier alpha value is -1.84. The lowest BCUT2D eigenvalue weighted by Crippen LogP contribution is -2.33. The molecule has 2 aromatic rings. The van der Waals surface area contributed by atoms with Gasteiger partial charge in [0.05, 0.1) is 0 Å². The summed E-state index contributed by atoms with van der Waals surface area (Å²) in [6.07, 6.45) is 2.12. The molecule has 0 radical (unpaired) electrons. The van der Waals surface area contributed by atoms with Crippen LogP contribution in [0.25, 0.3) is 0 Å². The third kappa shape index (κ3) is 7.16. The Morgan fingerprint density at radius 1 is 1.00 bits per heavy atom. The van der Waals surface area contributed by atoms with E-state index in [2.05, 4.69) is 24.3 Å². The molecule has 1 amide bonds. The van der Waals surface area contributed by atoms with Crippen LogP contribution in [0, 0.1) is 0 Å². The third-order valence-corrected chi connectivity index (χ3v) is 3.90. The van der Waals surface area contributed by atoms with Crippen molar-refractivity contribution >= 4 is 18.3 Å². The average molecular weight is 347 g/mol. The number of nitrogens with zero attached hydrogens (tertiary/aromatic N) is 1. The third-order valence-electron chi connectivity index (χ3n) is 3.90. The quantitative estimate of drug-likeness (QED) is 0.790. The summed E-state index contributed by atoms with van der Waals surface area (Å²) in [7, 11) is 0. The average Bonchev–Trinajstić information content (AvgIpc) is 2.58. The van der Waals surface area contributed by atoms with E-state index in [4.69, 9.17) is 5.73 Å². The molecule has 2 rings (SSSR count). The van der Waals surface area contributed by atoms with E-state index < -0.39 is 0 Å². The molecule has 1 atom stereocenters. The summed E-state index contributed by atoms with van der Waals surface area (Å²) in [6, 6.07) is 20.5. The second kappa shape index (κ2) is 10.8. The van der Waals surface area contributed by atoms with Gasteiger partial charge in [0.2, 0.25) is 5.91 Å². The molecule has 0 saturated carbocycles. The zero-order chi connectivity index (χ0) is 16.5. The minimum atomic E-state index is 0. The van der Waals surface area contributed by atoms with Crippen LogP contribution in [0.2, 0.25) is 0 Å². The predicted octanol–water partition coefficient (Wildman–Crippen LogP) is 3.81. The van der Waals surface area contributed by atoms with Crippen molar-refractivity contribution in [2.75, 3.05) is 6.54 Å². The first-order valence-electron chi connectivity index (χ1n) is 8.26. The highest BCUT2D eigenvalue weighted by molar-refractivity contribution is 5.85. The number of carbonyl (C=O) groups excluding carboxylic acids is 1. The van der Waals surface area contributed by atoms with Crippen LogP contribution in [0.4, 0.5) is 0 Å². The summed E-state index contributed by atoms with van der Waals surface area (Å²) in [5.41, 5.74) is 8.20. The lowest BCUT2D eigenvalue weighted by atomic mass is 10.1. The second-order valence-corrected chi connectivity index (χ2v) is 6.05. The number of hydrogen-bond acceptors (Lipinski definition) is 2. The minimum absolute atomic E-state index is 0. The molecule has 0 fully saturated rings. The zero-order valence-corrected chi connectivity index (χ0v) is 15.0. The molecule has 0 saturated heterocycles.